The van der Waals surface area contributed by atoms with Crippen LogP contribution in [0.5, 0.6) is 11.5 Å². The molecule has 30 heavy (non-hydrogen) atoms. The first-order valence-corrected chi connectivity index (χ1v) is 9.56. The van der Waals surface area contributed by atoms with Crippen LogP contribution in [0.1, 0.15) is 29.7 Å². The molecule has 0 bridgehead atoms. The predicted molar refractivity (Wildman–Crippen MR) is 111 cm³/mol. The Hall–Kier alpha value is -3.52. The van der Waals surface area contributed by atoms with E-state index in [-0.39, 0.29) is 17.7 Å². The van der Waals surface area contributed by atoms with E-state index in [2.05, 4.69) is 15.5 Å². The number of aromatic amines is 2. The third-order valence-corrected chi connectivity index (χ3v) is 5.65. The van der Waals surface area contributed by atoms with Crippen LogP contribution < -0.4 is 15.6 Å². The molecule has 0 spiro atoms. The van der Waals surface area contributed by atoms with Gasteiger partial charge in [-0.2, -0.15) is 0 Å². The molecular formula is C22H23N3O5. The standard InChI is InChI=1S/C22H23N3O5/c1-22(29)11-15-18(20(27)25-24-15)17(12-7-9-13(26)10-8-12)19(22)21(28)23-14-5-3-4-6-16(14)30-2/h3-10,17,19,26,29H,11H2,1-2H3,(H,23,28)(H2,24,25,27)/t17-,19+,22+/m1/s1. The molecule has 4 rings (SSSR count). The van der Waals surface area contributed by atoms with Crippen LogP contribution in [0.4, 0.5) is 5.69 Å². The van der Waals surface area contributed by atoms with Crippen molar-refractivity contribution in [3.63, 3.8) is 0 Å². The molecule has 0 unspecified atom stereocenters. The first-order chi connectivity index (χ1) is 14.3. The van der Waals surface area contributed by atoms with E-state index in [1.165, 1.54) is 19.2 Å². The van der Waals surface area contributed by atoms with Gasteiger partial charge in [0.25, 0.3) is 5.56 Å². The van der Waals surface area contributed by atoms with Crippen molar-refractivity contribution in [3.8, 4) is 11.5 Å². The number of rotatable bonds is 4. The van der Waals surface area contributed by atoms with Crippen molar-refractivity contribution < 1.29 is 19.7 Å². The molecule has 3 atom stereocenters. The van der Waals surface area contributed by atoms with Gasteiger partial charge in [0.05, 0.1) is 24.3 Å². The first-order valence-electron chi connectivity index (χ1n) is 9.56. The molecule has 156 valence electrons. The molecule has 1 aliphatic carbocycles. The number of aromatic hydroxyl groups is 1. The second-order valence-electron chi connectivity index (χ2n) is 7.74. The minimum Gasteiger partial charge on any atom is -0.508 e. The second-order valence-corrected chi connectivity index (χ2v) is 7.74. The molecule has 0 radical (unpaired) electrons. The van der Waals surface area contributed by atoms with E-state index in [4.69, 9.17) is 4.74 Å². The summed E-state index contributed by atoms with van der Waals surface area (Å²) in [6.45, 7) is 1.58. The number of amides is 1. The molecule has 0 saturated heterocycles. The van der Waals surface area contributed by atoms with Gasteiger partial charge in [-0.1, -0.05) is 24.3 Å². The van der Waals surface area contributed by atoms with Gasteiger partial charge in [0, 0.05) is 23.6 Å². The number of carbonyl (C=O) groups is 1. The third kappa shape index (κ3) is 3.35. The van der Waals surface area contributed by atoms with Gasteiger partial charge in [-0.3, -0.25) is 14.7 Å². The lowest BCUT2D eigenvalue weighted by Crippen LogP contribution is -2.51. The topological polar surface area (TPSA) is 127 Å². The van der Waals surface area contributed by atoms with Crippen molar-refractivity contribution in [2.24, 2.45) is 5.92 Å². The molecular weight excluding hydrogens is 386 g/mol. The number of aliphatic hydroxyl groups is 1. The highest BCUT2D eigenvalue weighted by Gasteiger charge is 2.50. The lowest BCUT2D eigenvalue weighted by atomic mass is 9.66. The van der Waals surface area contributed by atoms with Gasteiger partial charge in [0.2, 0.25) is 5.91 Å². The number of aromatic nitrogens is 2. The molecule has 1 heterocycles. The fourth-order valence-corrected chi connectivity index (χ4v) is 4.30. The van der Waals surface area contributed by atoms with Crippen LogP contribution >= 0.6 is 0 Å². The van der Waals surface area contributed by atoms with Crippen LogP contribution in [0.3, 0.4) is 0 Å². The average molecular weight is 409 g/mol. The summed E-state index contributed by atoms with van der Waals surface area (Å²) in [6, 6.07) is 13.3. The maximum Gasteiger partial charge on any atom is 0.267 e. The number of nitrogens with one attached hydrogen (secondary N) is 3. The Morgan fingerprint density at radius 2 is 1.87 bits per heavy atom. The van der Waals surface area contributed by atoms with Crippen LogP contribution in [0.25, 0.3) is 0 Å². The summed E-state index contributed by atoms with van der Waals surface area (Å²) in [6.07, 6.45) is 0.111. The zero-order valence-electron chi connectivity index (χ0n) is 16.6. The minimum atomic E-state index is -1.44. The van der Waals surface area contributed by atoms with E-state index in [9.17, 15) is 19.8 Å². The van der Waals surface area contributed by atoms with Crippen LogP contribution in [0.2, 0.25) is 0 Å². The van der Waals surface area contributed by atoms with Gasteiger partial charge >= 0.3 is 0 Å². The maximum atomic E-state index is 13.4. The average Bonchev–Trinajstić information content (AvgIpc) is 3.07. The zero-order chi connectivity index (χ0) is 21.5. The van der Waals surface area contributed by atoms with E-state index >= 15 is 0 Å². The van der Waals surface area contributed by atoms with Gasteiger partial charge in [-0.15, -0.1) is 0 Å². The summed E-state index contributed by atoms with van der Waals surface area (Å²) in [5.74, 6) is -1.55. The van der Waals surface area contributed by atoms with Gasteiger partial charge in [0.1, 0.15) is 11.5 Å². The second kappa shape index (κ2) is 7.38. The number of methoxy groups -OCH3 is 1. The van der Waals surface area contributed by atoms with E-state index < -0.39 is 23.3 Å². The van der Waals surface area contributed by atoms with E-state index in [1.54, 1.807) is 43.3 Å². The number of hydrogen-bond acceptors (Lipinski definition) is 5. The molecule has 0 fully saturated rings. The van der Waals surface area contributed by atoms with Gasteiger partial charge in [0.15, 0.2) is 0 Å². The summed E-state index contributed by atoms with van der Waals surface area (Å²) in [5, 5.41) is 29.2. The highest BCUT2D eigenvalue weighted by Crippen LogP contribution is 2.44. The van der Waals surface area contributed by atoms with Crippen LogP contribution in [-0.4, -0.2) is 39.0 Å². The van der Waals surface area contributed by atoms with E-state index in [1.807, 2.05) is 0 Å². The molecule has 1 amide bonds. The summed E-state index contributed by atoms with van der Waals surface area (Å²) in [7, 11) is 1.51. The summed E-state index contributed by atoms with van der Waals surface area (Å²) in [4.78, 5) is 26.0. The molecule has 2 aromatic carbocycles. The van der Waals surface area contributed by atoms with Crippen molar-refractivity contribution in [1.82, 2.24) is 10.2 Å². The van der Waals surface area contributed by atoms with E-state index in [0.29, 0.717) is 28.3 Å². The Kier molecular flexibility index (Phi) is 4.87. The Morgan fingerprint density at radius 3 is 2.57 bits per heavy atom. The number of benzene rings is 2. The lowest BCUT2D eigenvalue weighted by molar-refractivity contribution is -0.130. The van der Waals surface area contributed by atoms with Gasteiger partial charge < -0.3 is 25.4 Å². The summed E-state index contributed by atoms with van der Waals surface area (Å²) < 4.78 is 5.31. The molecule has 8 nitrogen and oxygen atoms in total. The summed E-state index contributed by atoms with van der Waals surface area (Å²) in [5.41, 5.74) is 0.302. The highest BCUT2D eigenvalue weighted by atomic mass is 16.5. The van der Waals surface area contributed by atoms with Crippen molar-refractivity contribution in [2.75, 3.05) is 12.4 Å². The monoisotopic (exact) mass is 409 g/mol. The Labute approximate surface area is 172 Å². The molecule has 1 aromatic heterocycles. The molecule has 0 saturated carbocycles. The SMILES string of the molecule is COc1ccccc1NC(=O)[C@@H]1[C@H](c2ccc(O)cc2)c2c([nH][nH]c2=O)C[C@]1(C)O. The smallest absolute Gasteiger partial charge is 0.267 e. The molecule has 8 heteroatoms. The third-order valence-electron chi connectivity index (χ3n) is 5.65. The normalized spacial score (nSPS) is 22.9. The number of phenolic OH excluding ortho intramolecular Hbond substituents is 1. The minimum absolute atomic E-state index is 0.0690. The number of carbonyl (C=O) groups excluding carboxylic acids is 1. The number of ether oxygens (including phenoxy) is 1. The van der Waals surface area contributed by atoms with Crippen LogP contribution in [-0.2, 0) is 11.2 Å². The molecule has 3 aromatic rings. The fourth-order valence-electron chi connectivity index (χ4n) is 4.30. The Bertz CT molecular complexity index is 1130. The number of fused-ring (bicyclic) bond motifs is 1. The van der Waals surface area contributed by atoms with E-state index in [0.717, 1.165) is 0 Å². The number of para-hydroxylation sites is 2. The summed E-state index contributed by atoms with van der Waals surface area (Å²) >= 11 is 0. The zero-order valence-corrected chi connectivity index (χ0v) is 16.6. The largest absolute Gasteiger partial charge is 0.508 e. The first kappa shape index (κ1) is 19.8. The molecule has 1 aliphatic rings. The number of hydrogen-bond donors (Lipinski definition) is 5. The Morgan fingerprint density at radius 1 is 1.17 bits per heavy atom. The Balaban J connectivity index is 1.82. The maximum absolute atomic E-state index is 13.4. The number of anilines is 1. The van der Waals surface area contributed by atoms with Crippen molar-refractivity contribution >= 4 is 11.6 Å². The van der Waals surface area contributed by atoms with Crippen molar-refractivity contribution in [3.05, 3.63) is 75.7 Å². The van der Waals surface area contributed by atoms with Crippen LogP contribution in [0.15, 0.2) is 53.3 Å². The molecule has 0 aliphatic heterocycles. The number of phenols is 1. The number of H-pyrrole nitrogens is 2. The quantitative estimate of drug-likeness (QED) is 0.451. The van der Waals surface area contributed by atoms with Crippen molar-refractivity contribution in [2.45, 2.75) is 24.9 Å². The predicted octanol–water partition coefficient (Wildman–Crippen LogP) is 2.11. The van der Waals surface area contributed by atoms with Gasteiger partial charge in [-0.25, -0.2) is 0 Å². The lowest BCUT2D eigenvalue weighted by Gasteiger charge is -2.41. The molecule has 5 N–H and O–H groups in total. The highest BCUT2D eigenvalue weighted by molar-refractivity contribution is 5.96. The van der Waals surface area contributed by atoms with Gasteiger partial charge in [-0.05, 0) is 36.8 Å². The fraction of sp³-hybridized carbons (Fsp3) is 0.273. The van der Waals surface area contributed by atoms with Crippen LogP contribution in [0, 0.1) is 5.92 Å². The van der Waals surface area contributed by atoms with Crippen molar-refractivity contribution in [1.29, 1.82) is 0 Å².